The molecule has 2 aromatic rings. The lowest BCUT2D eigenvalue weighted by atomic mass is 10.1. The minimum Gasteiger partial charge on any atom is -0.465 e. The molecule has 2 rings (SSSR count). The average molecular weight is 339 g/mol. The molecular weight excluding hydrogens is 323 g/mol. The van der Waals surface area contributed by atoms with Crippen LogP contribution in [0.3, 0.4) is 0 Å². The second kappa shape index (κ2) is 6.82. The molecule has 0 heterocycles. The fourth-order valence-electron chi connectivity index (χ4n) is 2.14. The van der Waals surface area contributed by atoms with Gasteiger partial charge in [-0.25, -0.2) is 4.79 Å². The van der Waals surface area contributed by atoms with E-state index < -0.39 is 17.7 Å². The summed E-state index contributed by atoms with van der Waals surface area (Å²) in [7, 11) is 1.22. The zero-order valence-corrected chi connectivity index (χ0v) is 13.1. The van der Waals surface area contributed by atoms with Gasteiger partial charge in [0.15, 0.2) is 0 Å². The molecule has 0 amide bonds. The first kappa shape index (κ1) is 17.7. The van der Waals surface area contributed by atoms with Gasteiger partial charge in [-0.05, 0) is 48.4 Å². The van der Waals surface area contributed by atoms with Crippen LogP contribution in [0.1, 0.15) is 28.4 Å². The minimum absolute atomic E-state index is 0.125. The highest BCUT2D eigenvalue weighted by atomic mass is 19.4. The van der Waals surface area contributed by atoms with Crippen LogP contribution in [0.2, 0.25) is 0 Å². The van der Waals surface area contributed by atoms with Crippen molar-refractivity contribution in [1.29, 1.82) is 0 Å². The molecule has 2 N–H and O–H groups in total. The highest BCUT2D eigenvalue weighted by Crippen LogP contribution is 2.34. The van der Waals surface area contributed by atoms with Gasteiger partial charge < -0.3 is 15.2 Å². The predicted molar refractivity (Wildman–Crippen MR) is 83.1 cm³/mol. The van der Waals surface area contributed by atoms with Crippen LogP contribution in [-0.4, -0.2) is 13.1 Å². The first-order chi connectivity index (χ1) is 11.3. The van der Waals surface area contributed by atoms with Gasteiger partial charge in [0, 0.05) is 5.69 Å². The Morgan fingerprint density at radius 1 is 1.17 bits per heavy atom. The van der Waals surface area contributed by atoms with E-state index in [2.05, 4.69) is 4.74 Å². The minimum atomic E-state index is -4.41. The van der Waals surface area contributed by atoms with E-state index in [1.807, 2.05) is 0 Å². The van der Waals surface area contributed by atoms with Crippen molar-refractivity contribution < 1.29 is 27.4 Å². The van der Waals surface area contributed by atoms with Gasteiger partial charge >= 0.3 is 12.1 Å². The predicted octanol–water partition coefficient (Wildman–Crippen LogP) is 4.43. The van der Waals surface area contributed by atoms with Gasteiger partial charge in [-0.2, -0.15) is 13.2 Å². The van der Waals surface area contributed by atoms with Crippen molar-refractivity contribution >= 4 is 11.7 Å². The number of carbonyl (C=O) groups excluding carboxylic acids is 1. The van der Waals surface area contributed by atoms with E-state index in [0.717, 1.165) is 12.1 Å². The van der Waals surface area contributed by atoms with Gasteiger partial charge in [-0.1, -0.05) is 6.92 Å². The summed E-state index contributed by atoms with van der Waals surface area (Å²) in [5, 5.41) is 0. The second-order valence-electron chi connectivity index (χ2n) is 5.02. The van der Waals surface area contributed by atoms with Gasteiger partial charge in [0.25, 0.3) is 0 Å². The van der Waals surface area contributed by atoms with Crippen LogP contribution in [-0.2, 0) is 17.3 Å². The van der Waals surface area contributed by atoms with Crippen LogP contribution >= 0.6 is 0 Å². The van der Waals surface area contributed by atoms with Crippen LogP contribution in [0, 0.1) is 0 Å². The topological polar surface area (TPSA) is 61.5 Å². The zero-order chi connectivity index (χ0) is 17.9. The summed E-state index contributed by atoms with van der Waals surface area (Å²) >= 11 is 0. The maximum atomic E-state index is 12.8. The van der Waals surface area contributed by atoms with Gasteiger partial charge in [0.2, 0.25) is 0 Å². The van der Waals surface area contributed by atoms with Crippen molar-refractivity contribution in [3.8, 4) is 11.5 Å². The molecule has 0 saturated heterocycles. The summed E-state index contributed by atoms with van der Waals surface area (Å²) in [4.78, 5) is 11.6. The number of hydrogen-bond donors (Lipinski definition) is 1. The Hall–Kier alpha value is -2.70. The summed E-state index contributed by atoms with van der Waals surface area (Å²) in [5.74, 6) is -0.0637. The molecule has 0 bridgehead atoms. The summed E-state index contributed by atoms with van der Waals surface area (Å²) in [5.41, 5.74) is 5.71. The summed E-state index contributed by atoms with van der Waals surface area (Å²) < 4.78 is 48.6. The summed E-state index contributed by atoms with van der Waals surface area (Å²) in [6, 6.07) is 7.64. The molecule has 128 valence electrons. The largest absolute Gasteiger partial charge is 0.465 e. The Kier molecular flexibility index (Phi) is 5.02. The van der Waals surface area contributed by atoms with E-state index in [9.17, 15) is 18.0 Å². The molecule has 24 heavy (non-hydrogen) atoms. The van der Waals surface area contributed by atoms with E-state index in [1.165, 1.54) is 31.4 Å². The summed E-state index contributed by atoms with van der Waals surface area (Å²) in [6.45, 7) is 1.73. The monoisotopic (exact) mass is 339 g/mol. The van der Waals surface area contributed by atoms with Crippen LogP contribution < -0.4 is 10.5 Å². The van der Waals surface area contributed by atoms with Crippen molar-refractivity contribution in [2.24, 2.45) is 0 Å². The first-order valence-corrected chi connectivity index (χ1v) is 7.12. The quantitative estimate of drug-likeness (QED) is 0.661. The number of anilines is 1. The number of rotatable bonds is 4. The Bertz CT molecular complexity index is 757. The number of aryl methyl sites for hydroxylation is 1. The molecule has 0 aliphatic rings. The average Bonchev–Trinajstić information content (AvgIpc) is 2.55. The number of hydrogen-bond acceptors (Lipinski definition) is 4. The molecule has 0 fully saturated rings. The van der Waals surface area contributed by atoms with Gasteiger partial charge in [0.05, 0.1) is 18.2 Å². The maximum Gasteiger partial charge on any atom is 0.416 e. The fourth-order valence-corrected chi connectivity index (χ4v) is 2.14. The number of halogens is 3. The molecule has 0 aromatic heterocycles. The lowest BCUT2D eigenvalue weighted by Crippen LogP contribution is -2.07. The number of ether oxygens (including phenoxy) is 2. The SMILES string of the molecule is CCc1cc(C(F)(F)F)ccc1Oc1ccc(N)c(C(=O)OC)c1. The molecule has 7 heteroatoms. The van der Waals surface area contributed by atoms with E-state index >= 15 is 0 Å². The summed E-state index contributed by atoms with van der Waals surface area (Å²) in [6.07, 6.45) is -4.06. The Morgan fingerprint density at radius 2 is 1.88 bits per heavy atom. The molecule has 0 unspecified atom stereocenters. The number of benzene rings is 2. The molecule has 0 aliphatic heterocycles. The highest BCUT2D eigenvalue weighted by molar-refractivity contribution is 5.95. The van der Waals surface area contributed by atoms with Crippen molar-refractivity contribution in [3.63, 3.8) is 0 Å². The smallest absolute Gasteiger partial charge is 0.416 e. The third-order valence-corrected chi connectivity index (χ3v) is 3.43. The molecule has 0 saturated carbocycles. The molecule has 0 spiro atoms. The number of carbonyl (C=O) groups is 1. The van der Waals surface area contributed by atoms with E-state index in [-0.39, 0.29) is 22.7 Å². The van der Waals surface area contributed by atoms with Gasteiger partial charge in [-0.3, -0.25) is 0 Å². The van der Waals surface area contributed by atoms with E-state index in [1.54, 1.807) is 6.92 Å². The van der Waals surface area contributed by atoms with Crippen molar-refractivity contribution in [3.05, 3.63) is 53.1 Å². The zero-order valence-electron chi connectivity index (χ0n) is 13.1. The normalized spacial score (nSPS) is 11.2. The molecule has 0 aliphatic carbocycles. The fraction of sp³-hybridized carbons (Fsp3) is 0.235. The van der Waals surface area contributed by atoms with Crippen LogP contribution in [0.25, 0.3) is 0 Å². The standard InChI is InChI=1S/C17H16F3NO3/c1-3-10-8-11(17(18,19)20)4-7-15(10)24-12-5-6-14(21)13(9-12)16(22)23-2/h4-9H,3,21H2,1-2H3. The number of nitrogen functional groups attached to an aromatic ring is 1. The van der Waals surface area contributed by atoms with Crippen molar-refractivity contribution in [2.75, 3.05) is 12.8 Å². The lowest BCUT2D eigenvalue weighted by Gasteiger charge is -2.14. The van der Waals surface area contributed by atoms with Crippen molar-refractivity contribution in [2.45, 2.75) is 19.5 Å². The van der Waals surface area contributed by atoms with E-state index in [0.29, 0.717) is 12.0 Å². The maximum absolute atomic E-state index is 12.8. The molecular formula is C17H16F3NO3. The first-order valence-electron chi connectivity index (χ1n) is 7.12. The third-order valence-electron chi connectivity index (χ3n) is 3.43. The number of nitrogens with two attached hydrogens (primary N) is 1. The second-order valence-corrected chi connectivity index (χ2v) is 5.02. The van der Waals surface area contributed by atoms with Crippen LogP contribution in [0.4, 0.5) is 18.9 Å². The Balaban J connectivity index is 2.36. The number of esters is 1. The molecule has 4 nitrogen and oxygen atoms in total. The van der Waals surface area contributed by atoms with Crippen molar-refractivity contribution in [1.82, 2.24) is 0 Å². The molecule has 0 atom stereocenters. The Labute approximate surface area is 137 Å². The highest BCUT2D eigenvalue weighted by Gasteiger charge is 2.31. The lowest BCUT2D eigenvalue weighted by molar-refractivity contribution is -0.137. The van der Waals surface area contributed by atoms with Crippen LogP contribution in [0.15, 0.2) is 36.4 Å². The number of methoxy groups -OCH3 is 1. The van der Waals surface area contributed by atoms with Gasteiger partial charge in [0.1, 0.15) is 11.5 Å². The Morgan fingerprint density at radius 3 is 2.46 bits per heavy atom. The van der Waals surface area contributed by atoms with E-state index in [4.69, 9.17) is 10.5 Å². The third kappa shape index (κ3) is 3.79. The molecule has 2 aromatic carbocycles. The van der Waals surface area contributed by atoms with Gasteiger partial charge in [-0.15, -0.1) is 0 Å². The number of alkyl halides is 3. The molecule has 0 radical (unpaired) electrons. The van der Waals surface area contributed by atoms with Crippen LogP contribution in [0.5, 0.6) is 11.5 Å².